The Hall–Kier alpha value is -3.49. The third kappa shape index (κ3) is 4.53. The van der Waals surface area contributed by atoms with Gasteiger partial charge in [0.25, 0.3) is 5.91 Å². The Morgan fingerprint density at radius 3 is 2.18 bits per heavy atom. The fourth-order valence-corrected chi connectivity index (χ4v) is 5.40. The molecule has 0 N–H and O–H groups in total. The van der Waals surface area contributed by atoms with E-state index < -0.39 is 27.9 Å². The standard InChI is InChI=1S/C25H24N2O5S/c1-18-8-10-19(11-9-18)17-26(33(30,31)22-6-4-3-5-7-22)23-16-24(28)27(25(23)29)20-12-14-21(32-2)15-13-20/h3-15,23H,16-17H2,1-2H3. The first-order valence-electron chi connectivity index (χ1n) is 10.4. The van der Waals surface area contributed by atoms with Gasteiger partial charge in [-0.3, -0.25) is 9.59 Å². The third-order valence-corrected chi connectivity index (χ3v) is 7.48. The number of carbonyl (C=O) groups excluding carboxylic acids is 2. The van der Waals surface area contributed by atoms with E-state index in [0.29, 0.717) is 11.4 Å². The van der Waals surface area contributed by atoms with Crippen LogP contribution < -0.4 is 9.64 Å². The van der Waals surface area contributed by atoms with Crippen LogP contribution in [-0.2, 0) is 26.2 Å². The second kappa shape index (κ2) is 9.17. The highest BCUT2D eigenvalue weighted by Crippen LogP contribution is 2.31. The summed E-state index contributed by atoms with van der Waals surface area (Å²) >= 11 is 0. The van der Waals surface area contributed by atoms with Gasteiger partial charge in [0.05, 0.1) is 24.1 Å². The minimum atomic E-state index is -4.05. The van der Waals surface area contributed by atoms with Gasteiger partial charge >= 0.3 is 0 Å². The predicted molar refractivity (Wildman–Crippen MR) is 124 cm³/mol. The molecule has 0 radical (unpaired) electrons. The quantitative estimate of drug-likeness (QED) is 0.500. The van der Waals surface area contributed by atoms with Gasteiger partial charge in [-0.15, -0.1) is 0 Å². The minimum absolute atomic E-state index is 0.0301. The van der Waals surface area contributed by atoms with Gasteiger partial charge in [0.15, 0.2) is 0 Å². The molecule has 170 valence electrons. The number of imide groups is 1. The average molecular weight is 465 g/mol. The Morgan fingerprint density at radius 2 is 1.58 bits per heavy atom. The zero-order valence-electron chi connectivity index (χ0n) is 18.3. The van der Waals surface area contributed by atoms with Crippen LogP contribution >= 0.6 is 0 Å². The van der Waals surface area contributed by atoms with Gasteiger partial charge in [-0.1, -0.05) is 48.0 Å². The number of methoxy groups -OCH3 is 1. The Morgan fingerprint density at radius 1 is 0.939 bits per heavy atom. The van der Waals surface area contributed by atoms with Crippen molar-refractivity contribution in [3.8, 4) is 5.75 Å². The van der Waals surface area contributed by atoms with Crippen LogP contribution in [0.25, 0.3) is 0 Å². The lowest BCUT2D eigenvalue weighted by Gasteiger charge is -2.27. The van der Waals surface area contributed by atoms with Gasteiger partial charge in [-0.05, 0) is 48.9 Å². The molecular formula is C25H24N2O5S. The highest BCUT2D eigenvalue weighted by Gasteiger charge is 2.46. The largest absolute Gasteiger partial charge is 0.497 e. The van der Waals surface area contributed by atoms with Crippen molar-refractivity contribution in [2.45, 2.75) is 30.8 Å². The van der Waals surface area contributed by atoms with E-state index in [1.807, 2.05) is 31.2 Å². The van der Waals surface area contributed by atoms with Crippen molar-refractivity contribution in [3.63, 3.8) is 0 Å². The van der Waals surface area contributed by atoms with E-state index in [1.54, 1.807) is 42.5 Å². The molecule has 1 saturated heterocycles. The summed E-state index contributed by atoms with van der Waals surface area (Å²) in [5.41, 5.74) is 2.14. The van der Waals surface area contributed by atoms with Crippen molar-refractivity contribution < 1.29 is 22.7 Å². The summed E-state index contributed by atoms with van der Waals surface area (Å²) in [5, 5.41) is 0. The number of hydrogen-bond acceptors (Lipinski definition) is 5. The van der Waals surface area contributed by atoms with Crippen molar-refractivity contribution in [1.82, 2.24) is 4.31 Å². The van der Waals surface area contributed by atoms with Crippen molar-refractivity contribution in [3.05, 3.63) is 90.0 Å². The van der Waals surface area contributed by atoms with Gasteiger partial charge in [-0.25, -0.2) is 13.3 Å². The number of aryl methyl sites for hydroxylation is 1. The molecular weight excluding hydrogens is 440 g/mol. The summed E-state index contributed by atoms with van der Waals surface area (Å²) in [7, 11) is -2.53. The number of amides is 2. The Kier molecular flexibility index (Phi) is 6.31. The van der Waals surface area contributed by atoms with Crippen LogP contribution in [0.3, 0.4) is 0 Å². The predicted octanol–water partition coefficient (Wildman–Crippen LogP) is 3.53. The molecule has 0 spiro atoms. The average Bonchev–Trinajstić information content (AvgIpc) is 3.12. The molecule has 1 aliphatic rings. The normalized spacial score (nSPS) is 16.5. The number of nitrogens with zero attached hydrogens (tertiary/aromatic N) is 2. The Bertz CT molecular complexity index is 1260. The summed E-state index contributed by atoms with van der Waals surface area (Å²) in [6.07, 6.45) is -0.233. The van der Waals surface area contributed by atoms with Crippen LogP contribution in [0.5, 0.6) is 5.75 Å². The monoisotopic (exact) mass is 464 g/mol. The summed E-state index contributed by atoms with van der Waals surface area (Å²) in [6, 6.07) is 20.7. The summed E-state index contributed by atoms with van der Waals surface area (Å²) in [6.45, 7) is 1.91. The number of carbonyl (C=O) groups is 2. The van der Waals surface area contributed by atoms with E-state index >= 15 is 0 Å². The van der Waals surface area contributed by atoms with Crippen LogP contribution in [-0.4, -0.2) is 37.7 Å². The molecule has 8 heteroatoms. The van der Waals surface area contributed by atoms with Crippen LogP contribution in [0.4, 0.5) is 5.69 Å². The lowest BCUT2D eigenvalue weighted by Crippen LogP contribution is -2.45. The molecule has 2 amide bonds. The van der Waals surface area contributed by atoms with Gasteiger partial charge in [0, 0.05) is 6.54 Å². The molecule has 1 aliphatic heterocycles. The van der Waals surface area contributed by atoms with Crippen molar-refractivity contribution in [2.75, 3.05) is 12.0 Å². The van der Waals surface area contributed by atoms with Crippen molar-refractivity contribution in [1.29, 1.82) is 0 Å². The van der Waals surface area contributed by atoms with E-state index in [0.717, 1.165) is 20.3 Å². The molecule has 3 aromatic rings. The van der Waals surface area contributed by atoms with E-state index in [2.05, 4.69) is 0 Å². The second-order valence-electron chi connectivity index (χ2n) is 7.83. The molecule has 3 aromatic carbocycles. The SMILES string of the molecule is COc1ccc(N2C(=O)CC(N(Cc3ccc(C)cc3)S(=O)(=O)c3ccccc3)C2=O)cc1. The van der Waals surface area contributed by atoms with Gasteiger partial charge in [0.1, 0.15) is 11.8 Å². The van der Waals surface area contributed by atoms with Crippen molar-refractivity contribution in [2.24, 2.45) is 0 Å². The number of ether oxygens (including phenoxy) is 1. The lowest BCUT2D eigenvalue weighted by molar-refractivity contribution is -0.122. The molecule has 33 heavy (non-hydrogen) atoms. The molecule has 7 nitrogen and oxygen atoms in total. The van der Waals surface area contributed by atoms with E-state index in [9.17, 15) is 18.0 Å². The first-order valence-corrected chi connectivity index (χ1v) is 11.9. The maximum atomic E-state index is 13.6. The van der Waals surface area contributed by atoms with Crippen LogP contribution in [0, 0.1) is 6.92 Å². The Balaban J connectivity index is 1.72. The minimum Gasteiger partial charge on any atom is -0.497 e. The number of rotatable bonds is 7. The maximum Gasteiger partial charge on any atom is 0.252 e. The lowest BCUT2D eigenvalue weighted by atomic mass is 10.1. The molecule has 0 aromatic heterocycles. The van der Waals surface area contributed by atoms with Crippen LogP contribution in [0.2, 0.25) is 0 Å². The fraction of sp³-hybridized carbons (Fsp3) is 0.200. The molecule has 1 unspecified atom stereocenters. The first-order chi connectivity index (χ1) is 15.8. The smallest absolute Gasteiger partial charge is 0.252 e. The van der Waals surface area contributed by atoms with E-state index in [4.69, 9.17) is 4.74 Å². The fourth-order valence-electron chi connectivity index (χ4n) is 3.81. The molecule has 4 rings (SSSR count). The third-order valence-electron chi connectivity index (χ3n) is 5.61. The van der Waals surface area contributed by atoms with Crippen LogP contribution in [0.15, 0.2) is 83.8 Å². The molecule has 0 bridgehead atoms. The van der Waals surface area contributed by atoms with Gasteiger partial charge < -0.3 is 4.74 Å². The summed E-state index contributed by atoms with van der Waals surface area (Å²) in [5.74, 6) is -0.439. The maximum absolute atomic E-state index is 13.6. The number of benzene rings is 3. The molecule has 1 heterocycles. The van der Waals surface area contributed by atoms with Gasteiger partial charge in [0.2, 0.25) is 15.9 Å². The highest BCUT2D eigenvalue weighted by atomic mass is 32.2. The topological polar surface area (TPSA) is 84.0 Å². The molecule has 1 fully saturated rings. The summed E-state index contributed by atoms with van der Waals surface area (Å²) < 4.78 is 33.5. The van der Waals surface area contributed by atoms with E-state index in [1.165, 1.54) is 19.2 Å². The van der Waals surface area contributed by atoms with Crippen molar-refractivity contribution >= 4 is 27.5 Å². The second-order valence-corrected chi connectivity index (χ2v) is 9.72. The Labute approximate surface area is 193 Å². The number of sulfonamides is 1. The zero-order valence-corrected chi connectivity index (χ0v) is 19.2. The first kappa shape index (κ1) is 22.7. The molecule has 0 saturated carbocycles. The molecule has 1 atom stereocenters. The summed E-state index contributed by atoms with van der Waals surface area (Å²) in [4.78, 5) is 27.4. The van der Waals surface area contributed by atoms with Gasteiger partial charge in [-0.2, -0.15) is 4.31 Å². The number of hydrogen-bond donors (Lipinski definition) is 0. The van der Waals surface area contributed by atoms with Crippen LogP contribution in [0.1, 0.15) is 17.5 Å². The van der Waals surface area contributed by atoms with E-state index in [-0.39, 0.29) is 17.9 Å². The molecule has 0 aliphatic carbocycles. The number of anilines is 1. The zero-order chi connectivity index (χ0) is 23.6. The highest BCUT2D eigenvalue weighted by molar-refractivity contribution is 7.89.